The first-order valence-electron chi connectivity index (χ1n) is 10.3. The van der Waals surface area contributed by atoms with Gasteiger partial charge < -0.3 is 20.9 Å². The quantitative estimate of drug-likeness (QED) is 0.468. The van der Waals surface area contributed by atoms with Crippen LogP contribution in [0.25, 0.3) is 10.9 Å². The van der Waals surface area contributed by atoms with E-state index in [9.17, 15) is 18.8 Å². The third-order valence-corrected chi connectivity index (χ3v) is 5.33. The molecule has 4 N–H and O–H groups in total. The molecular formula is C22H23FN6O3. The Labute approximate surface area is 183 Å². The fourth-order valence-corrected chi connectivity index (χ4v) is 3.74. The third-order valence-electron chi connectivity index (χ3n) is 5.33. The Hall–Kier alpha value is -3.95. The molecule has 9 nitrogen and oxygen atoms in total. The van der Waals surface area contributed by atoms with Crippen molar-refractivity contribution in [3.63, 3.8) is 0 Å². The average Bonchev–Trinajstić information content (AvgIpc) is 3.25. The number of benzene rings is 2. The van der Waals surface area contributed by atoms with Gasteiger partial charge in [0.25, 0.3) is 0 Å². The molecule has 2 heterocycles. The first-order valence-corrected chi connectivity index (χ1v) is 10.3. The largest absolute Gasteiger partial charge is 0.338 e. The molecule has 0 radical (unpaired) electrons. The van der Waals surface area contributed by atoms with Gasteiger partial charge in [0.1, 0.15) is 5.82 Å². The Morgan fingerprint density at radius 3 is 2.81 bits per heavy atom. The van der Waals surface area contributed by atoms with Gasteiger partial charge in [-0.15, -0.1) is 0 Å². The minimum atomic E-state index is -0.703. The summed E-state index contributed by atoms with van der Waals surface area (Å²) in [5.74, 6) is -1.73. The van der Waals surface area contributed by atoms with Gasteiger partial charge in [0.2, 0.25) is 0 Å². The van der Waals surface area contributed by atoms with Crippen molar-refractivity contribution < 1.29 is 18.8 Å². The minimum Gasteiger partial charge on any atom is -0.338 e. The zero-order chi connectivity index (χ0) is 22.5. The molecule has 4 rings (SSSR count). The summed E-state index contributed by atoms with van der Waals surface area (Å²) in [6.45, 7) is 1.19. The van der Waals surface area contributed by atoms with Gasteiger partial charge in [0.15, 0.2) is 0 Å². The van der Waals surface area contributed by atoms with Crippen LogP contribution in [0, 0.1) is 11.7 Å². The number of carbonyl (C=O) groups excluding carboxylic acids is 3. The van der Waals surface area contributed by atoms with Crippen molar-refractivity contribution in [3.05, 3.63) is 54.5 Å². The van der Waals surface area contributed by atoms with E-state index in [1.165, 1.54) is 23.1 Å². The lowest BCUT2D eigenvalue weighted by Crippen LogP contribution is -2.47. The second-order valence-electron chi connectivity index (χ2n) is 7.73. The fraction of sp³-hybridized carbons (Fsp3) is 0.273. The maximum absolute atomic E-state index is 13.2. The average molecular weight is 438 g/mol. The Morgan fingerprint density at radius 2 is 1.97 bits per heavy atom. The van der Waals surface area contributed by atoms with Crippen LogP contribution in [-0.2, 0) is 9.59 Å². The Kier molecular flexibility index (Phi) is 6.29. The molecule has 10 heteroatoms. The number of urea groups is 1. The molecule has 1 aliphatic heterocycles. The van der Waals surface area contributed by atoms with Crippen LogP contribution in [0.4, 0.5) is 20.6 Å². The van der Waals surface area contributed by atoms with Gasteiger partial charge in [0.05, 0.1) is 11.7 Å². The van der Waals surface area contributed by atoms with Crippen LogP contribution in [0.3, 0.4) is 0 Å². The lowest BCUT2D eigenvalue weighted by molar-refractivity contribution is -0.144. The summed E-state index contributed by atoms with van der Waals surface area (Å²) in [6, 6.07) is 10.4. The molecule has 1 atom stereocenters. The summed E-state index contributed by atoms with van der Waals surface area (Å²) >= 11 is 0. The molecule has 2 aromatic carbocycles. The van der Waals surface area contributed by atoms with Gasteiger partial charge in [0, 0.05) is 36.4 Å². The van der Waals surface area contributed by atoms with Crippen LogP contribution in [-0.4, -0.2) is 52.6 Å². The van der Waals surface area contributed by atoms with Gasteiger partial charge in [-0.2, -0.15) is 5.10 Å². The van der Waals surface area contributed by atoms with Crippen molar-refractivity contribution in [2.45, 2.75) is 12.8 Å². The van der Waals surface area contributed by atoms with E-state index in [1.807, 2.05) is 0 Å². The molecular weight excluding hydrogens is 415 g/mol. The van der Waals surface area contributed by atoms with E-state index < -0.39 is 23.7 Å². The number of hydrogen-bond acceptors (Lipinski definition) is 4. The number of fused-ring (bicyclic) bond motifs is 1. The number of anilines is 2. The summed E-state index contributed by atoms with van der Waals surface area (Å²) in [6.07, 6.45) is 3.19. The van der Waals surface area contributed by atoms with E-state index in [2.05, 4.69) is 26.1 Å². The first-order chi connectivity index (χ1) is 15.5. The Balaban J connectivity index is 1.27. The number of amides is 4. The Bertz CT molecular complexity index is 1150. The number of hydrogen-bond donors (Lipinski definition) is 4. The van der Waals surface area contributed by atoms with Crippen molar-refractivity contribution >= 4 is 40.1 Å². The zero-order valence-electron chi connectivity index (χ0n) is 17.2. The highest BCUT2D eigenvalue weighted by Crippen LogP contribution is 2.19. The highest BCUT2D eigenvalue weighted by Gasteiger charge is 2.28. The molecule has 1 unspecified atom stereocenters. The maximum atomic E-state index is 13.2. The van der Waals surface area contributed by atoms with Gasteiger partial charge in [-0.3, -0.25) is 14.7 Å². The van der Waals surface area contributed by atoms with E-state index in [0.717, 1.165) is 23.7 Å². The van der Waals surface area contributed by atoms with Gasteiger partial charge >= 0.3 is 17.8 Å². The van der Waals surface area contributed by atoms with Crippen molar-refractivity contribution in [3.8, 4) is 0 Å². The number of nitrogens with zero attached hydrogens (tertiary/aromatic N) is 2. The van der Waals surface area contributed by atoms with E-state index in [4.69, 9.17) is 0 Å². The number of halogens is 1. The number of aromatic nitrogens is 2. The van der Waals surface area contributed by atoms with Crippen LogP contribution >= 0.6 is 0 Å². The number of likely N-dealkylation sites (tertiary alicyclic amines) is 1. The molecule has 32 heavy (non-hydrogen) atoms. The number of rotatable bonds is 4. The molecule has 1 aliphatic rings. The van der Waals surface area contributed by atoms with E-state index in [-0.39, 0.29) is 5.92 Å². The lowest BCUT2D eigenvalue weighted by Gasteiger charge is -2.32. The second-order valence-corrected chi connectivity index (χ2v) is 7.73. The van der Waals surface area contributed by atoms with Crippen molar-refractivity contribution in [2.24, 2.45) is 5.92 Å². The van der Waals surface area contributed by atoms with Crippen molar-refractivity contribution in [1.82, 2.24) is 20.4 Å². The predicted octanol–water partition coefficient (Wildman–Crippen LogP) is 2.70. The summed E-state index contributed by atoms with van der Waals surface area (Å²) in [5.41, 5.74) is 1.71. The second kappa shape index (κ2) is 9.46. The van der Waals surface area contributed by atoms with Gasteiger partial charge in [-0.1, -0.05) is 6.07 Å². The molecule has 3 aromatic rings. The van der Waals surface area contributed by atoms with Crippen LogP contribution in [0.5, 0.6) is 0 Å². The predicted molar refractivity (Wildman–Crippen MR) is 117 cm³/mol. The maximum Gasteiger partial charge on any atom is 0.319 e. The molecule has 1 fully saturated rings. The van der Waals surface area contributed by atoms with E-state index in [1.54, 1.807) is 30.5 Å². The van der Waals surface area contributed by atoms with Gasteiger partial charge in [-0.05, 0) is 55.2 Å². The van der Waals surface area contributed by atoms with E-state index in [0.29, 0.717) is 31.0 Å². The highest BCUT2D eigenvalue weighted by molar-refractivity contribution is 6.39. The highest BCUT2D eigenvalue weighted by atomic mass is 19.1. The van der Waals surface area contributed by atoms with Crippen LogP contribution in [0.15, 0.2) is 48.7 Å². The summed E-state index contributed by atoms with van der Waals surface area (Å²) in [5, 5.41) is 15.5. The molecule has 0 spiro atoms. The number of H-pyrrole nitrogens is 1. The zero-order valence-corrected chi connectivity index (χ0v) is 17.2. The number of aromatic amines is 1. The molecule has 1 aromatic heterocycles. The van der Waals surface area contributed by atoms with Crippen molar-refractivity contribution in [2.75, 3.05) is 30.3 Å². The molecule has 0 saturated carbocycles. The molecule has 0 aliphatic carbocycles. The summed E-state index contributed by atoms with van der Waals surface area (Å²) in [4.78, 5) is 38.7. The summed E-state index contributed by atoms with van der Waals surface area (Å²) < 4.78 is 13.2. The lowest BCUT2D eigenvalue weighted by atomic mass is 9.98. The normalized spacial score (nSPS) is 15.9. The third kappa shape index (κ3) is 5.20. The van der Waals surface area contributed by atoms with Crippen molar-refractivity contribution in [1.29, 1.82) is 0 Å². The molecule has 1 saturated heterocycles. The smallest absolute Gasteiger partial charge is 0.319 e. The minimum absolute atomic E-state index is 0.0149. The SMILES string of the molecule is O=C(NCC1CCCN(C(=O)C(=O)Nc2ccc3[nH]ncc3c2)C1)Nc1cccc(F)c1. The first kappa shape index (κ1) is 21.3. The summed E-state index contributed by atoms with van der Waals surface area (Å²) in [7, 11) is 0. The van der Waals surface area contributed by atoms with Gasteiger partial charge in [-0.25, -0.2) is 9.18 Å². The number of carbonyl (C=O) groups is 3. The van der Waals surface area contributed by atoms with Crippen LogP contribution < -0.4 is 16.0 Å². The fourth-order valence-electron chi connectivity index (χ4n) is 3.74. The van der Waals surface area contributed by atoms with Crippen LogP contribution in [0.1, 0.15) is 12.8 Å². The molecule has 4 amide bonds. The standard InChI is InChI=1S/C22H23FN6O3/c23-16-4-1-5-17(10-16)27-22(32)24-11-14-3-2-8-29(13-14)21(31)20(30)26-18-6-7-19-15(9-18)12-25-28-19/h1,4-7,9-10,12,14H,2-3,8,11,13H2,(H,25,28)(H,26,30)(H2,24,27,32). The monoisotopic (exact) mass is 438 g/mol. The Morgan fingerprint density at radius 1 is 1.12 bits per heavy atom. The van der Waals surface area contributed by atoms with Crippen LogP contribution in [0.2, 0.25) is 0 Å². The number of piperidine rings is 1. The molecule has 0 bridgehead atoms. The topological polar surface area (TPSA) is 119 Å². The molecule has 166 valence electrons. The van der Waals surface area contributed by atoms with E-state index >= 15 is 0 Å². The number of nitrogens with one attached hydrogen (secondary N) is 4.